The molecule has 2 N–H and O–H groups in total. The van der Waals surface area contributed by atoms with Gasteiger partial charge in [0.25, 0.3) is 5.91 Å². The fourth-order valence-electron chi connectivity index (χ4n) is 2.09. The van der Waals surface area contributed by atoms with Crippen LogP contribution in [0.25, 0.3) is 0 Å². The van der Waals surface area contributed by atoms with Gasteiger partial charge in [-0.25, -0.2) is 0 Å². The zero-order valence-corrected chi connectivity index (χ0v) is 13.9. The number of hydrazine groups is 1. The van der Waals surface area contributed by atoms with E-state index in [0.29, 0.717) is 22.6 Å². The largest absolute Gasteiger partial charge is 0.497 e. The van der Waals surface area contributed by atoms with Crippen LogP contribution in [0.4, 0.5) is 0 Å². The summed E-state index contributed by atoms with van der Waals surface area (Å²) < 4.78 is 5.06. The van der Waals surface area contributed by atoms with Gasteiger partial charge in [-0.1, -0.05) is 17.7 Å². The minimum absolute atomic E-state index is 0.160. The van der Waals surface area contributed by atoms with Crippen LogP contribution in [0, 0.1) is 6.92 Å². The first-order valence-electron chi connectivity index (χ1n) is 7.49. The molecule has 0 spiro atoms. The van der Waals surface area contributed by atoms with Gasteiger partial charge in [0, 0.05) is 22.9 Å². The van der Waals surface area contributed by atoms with Crippen molar-refractivity contribution in [3.8, 4) is 5.75 Å². The number of ether oxygens (including phenoxy) is 1. The highest BCUT2D eigenvalue weighted by molar-refractivity contribution is 6.05. The van der Waals surface area contributed by atoms with Crippen molar-refractivity contribution in [2.75, 3.05) is 7.11 Å². The molecule has 2 aromatic rings. The van der Waals surface area contributed by atoms with E-state index >= 15 is 0 Å². The van der Waals surface area contributed by atoms with E-state index in [-0.39, 0.29) is 11.7 Å². The van der Waals surface area contributed by atoms with Crippen molar-refractivity contribution in [2.24, 2.45) is 0 Å². The summed E-state index contributed by atoms with van der Waals surface area (Å²) in [6.45, 7) is 3.63. The van der Waals surface area contributed by atoms with Gasteiger partial charge in [-0.05, 0) is 50.2 Å². The normalized spacial score (nSPS) is 10.9. The number of amides is 1. The molecule has 5 nitrogen and oxygen atoms in total. The third-order valence-electron chi connectivity index (χ3n) is 3.38. The predicted octanol–water partition coefficient (Wildman–Crippen LogP) is 3.02. The SMILES string of the molecule is COc1ccc(C(=O)C=C(C)NNC(=O)c2cccc(C)c2)cc1. The maximum Gasteiger partial charge on any atom is 0.269 e. The van der Waals surface area contributed by atoms with Crippen molar-refractivity contribution in [2.45, 2.75) is 13.8 Å². The van der Waals surface area contributed by atoms with E-state index in [4.69, 9.17) is 4.74 Å². The molecule has 24 heavy (non-hydrogen) atoms. The Bertz CT molecular complexity index is 764. The first-order valence-corrected chi connectivity index (χ1v) is 7.49. The van der Waals surface area contributed by atoms with Gasteiger partial charge in [-0.15, -0.1) is 0 Å². The van der Waals surface area contributed by atoms with E-state index in [1.165, 1.54) is 6.08 Å². The van der Waals surface area contributed by atoms with E-state index in [2.05, 4.69) is 10.9 Å². The highest BCUT2D eigenvalue weighted by atomic mass is 16.5. The molecule has 124 valence electrons. The molecule has 0 aliphatic carbocycles. The number of aryl methyl sites for hydroxylation is 1. The highest BCUT2D eigenvalue weighted by Crippen LogP contribution is 2.12. The van der Waals surface area contributed by atoms with E-state index in [1.807, 2.05) is 19.1 Å². The van der Waals surface area contributed by atoms with Gasteiger partial charge in [-0.2, -0.15) is 0 Å². The second kappa shape index (κ2) is 7.97. The predicted molar refractivity (Wildman–Crippen MR) is 92.9 cm³/mol. The zero-order chi connectivity index (χ0) is 17.5. The molecular formula is C19H20N2O3. The van der Waals surface area contributed by atoms with E-state index in [9.17, 15) is 9.59 Å². The van der Waals surface area contributed by atoms with Gasteiger partial charge in [0.1, 0.15) is 5.75 Å². The van der Waals surface area contributed by atoms with Crippen LogP contribution in [0.15, 0.2) is 60.3 Å². The molecule has 2 aromatic carbocycles. The van der Waals surface area contributed by atoms with Crippen LogP contribution in [0.1, 0.15) is 33.2 Å². The minimum Gasteiger partial charge on any atom is -0.497 e. The minimum atomic E-state index is -0.261. The van der Waals surface area contributed by atoms with Gasteiger partial charge in [0.2, 0.25) is 0 Å². The summed E-state index contributed by atoms with van der Waals surface area (Å²) in [4.78, 5) is 24.2. The maximum atomic E-state index is 12.1. The summed E-state index contributed by atoms with van der Waals surface area (Å²) in [6, 6.07) is 14.1. The van der Waals surface area contributed by atoms with Crippen LogP contribution in [-0.4, -0.2) is 18.8 Å². The van der Waals surface area contributed by atoms with Gasteiger partial charge in [0.15, 0.2) is 5.78 Å². The lowest BCUT2D eigenvalue weighted by molar-refractivity contribution is 0.0936. The molecule has 0 bridgehead atoms. The first kappa shape index (κ1) is 17.3. The lowest BCUT2D eigenvalue weighted by Gasteiger charge is -2.09. The Morgan fingerprint density at radius 2 is 1.71 bits per heavy atom. The quantitative estimate of drug-likeness (QED) is 0.487. The van der Waals surface area contributed by atoms with Crippen molar-refractivity contribution in [1.29, 1.82) is 0 Å². The number of hydrogen-bond donors (Lipinski definition) is 2. The van der Waals surface area contributed by atoms with Crippen LogP contribution in [-0.2, 0) is 0 Å². The van der Waals surface area contributed by atoms with Gasteiger partial charge in [0.05, 0.1) is 7.11 Å². The monoisotopic (exact) mass is 324 g/mol. The molecule has 0 saturated carbocycles. The number of methoxy groups -OCH3 is 1. The van der Waals surface area contributed by atoms with E-state index < -0.39 is 0 Å². The Morgan fingerprint density at radius 1 is 1.00 bits per heavy atom. The number of benzene rings is 2. The average Bonchev–Trinajstić information content (AvgIpc) is 2.59. The second-order valence-corrected chi connectivity index (χ2v) is 5.37. The average molecular weight is 324 g/mol. The Labute approximate surface area is 141 Å². The molecule has 0 saturated heterocycles. The molecule has 0 aliphatic heterocycles. The van der Waals surface area contributed by atoms with Crippen molar-refractivity contribution in [3.05, 3.63) is 77.0 Å². The van der Waals surface area contributed by atoms with E-state index in [1.54, 1.807) is 50.4 Å². The summed E-state index contributed by atoms with van der Waals surface area (Å²) >= 11 is 0. The molecule has 0 heterocycles. The molecule has 0 fully saturated rings. The summed E-state index contributed by atoms with van der Waals surface area (Å²) in [6.07, 6.45) is 1.43. The Hall–Kier alpha value is -3.08. The van der Waals surface area contributed by atoms with Crippen molar-refractivity contribution >= 4 is 11.7 Å². The fourth-order valence-corrected chi connectivity index (χ4v) is 2.09. The maximum absolute atomic E-state index is 12.1. The number of allylic oxidation sites excluding steroid dienone is 2. The molecular weight excluding hydrogens is 304 g/mol. The van der Waals surface area contributed by atoms with Crippen LogP contribution in [0.5, 0.6) is 5.75 Å². The lowest BCUT2D eigenvalue weighted by atomic mass is 10.1. The number of carbonyl (C=O) groups is 2. The topological polar surface area (TPSA) is 67.4 Å². The summed E-state index contributed by atoms with van der Waals surface area (Å²) in [5.74, 6) is 0.270. The number of hydrogen-bond acceptors (Lipinski definition) is 4. The smallest absolute Gasteiger partial charge is 0.269 e. The van der Waals surface area contributed by atoms with Gasteiger partial charge < -0.3 is 10.2 Å². The Kier molecular flexibility index (Phi) is 5.73. The molecule has 0 aromatic heterocycles. The van der Waals surface area contributed by atoms with Crippen molar-refractivity contribution < 1.29 is 14.3 Å². The molecule has 0 unspecified atom stereocenters. The number of ketones is 1. The van der Waals surface area contributed by atoms with Gasteiger partial charge >= 0.3 is 0 Å². The highest BCUT2D eigenvalue weighted by Gasteiger charge is 2.06. The van der Waals surface area contributed by atoms with Crippen LogP contribution in [0.2, 0.25) is 0 Å². The van der Waals surface area contributed by atoms with E-state index in [0.717, 1.165) is 5.56 Å². The number of nitrogens with one attached hydrogen (secondary N) is 2. The van der Waals surface area contributed by atoms with Crippen LogP contribution < -0.4 is 15.6 Å². The first-order chi connectivity index (χ1) is 11.5. The third-order valence-corrected chi connectivity index (χ3v) is 3.38. The molecule has 5 heteroatoms. The van der Waals surface area contributed by atoms with Crippen LogP contribution >= 0.6 is 0 Å². The van der Waals surface area contributed by atoms with Crippen LogP contribution in [0.3, 0.4) is 0 Å². The zero-order valence-electron chi connectivity index (χ0n) is 13.9. The Balaban J connectivity index is 1.95. The Morgan fingerprint density at radius 3 is 2.33 bits per heavy atom. The summed E-state index contributed by atoms with van der Waals surface area (Å²) in [7, 11) is 1.57. The second-order valence-electron chi connectivity index (χ2n) is 5.37. The fraction of sp³-hybridized carbons (Fsp3) is 0.158. The van der Waals surface area contributed by atoms with Gasteiger partial charge in [-0.3, -0.25) is 15.0 Å². The third kappa shape index (κ3) is 4.71. The van der Waals surface area contributed by atoms with Crippen molar-refractivity contribution in [1.82, 2.24) is 10.9 Å². The molecule has 1 amide bonds. The molecule has 2 rings (SSSR count). The number of rotatable bonds is 6. The molecule has 0 radical (unpaired) electrons. The summed E-state index contributed by atoms with van der Waals surface area (Å²) in [5.41, 5.74) is 7.95. The standard InChI is InChI=1S/C19H20N2O3/c1-13-5-4-6-16(11-13)19(23)21-20-14(2)12-18(22)15-7-9-17(24-3)10-8-15/h4-12,20H,1-3H3,(H,21,23). The number of carbonyl (C=O) groups excluding carboxylic acids is 2. The summed E-state index contributed by atoms with van der Waals surface area (Å²) in [5, 5.41) is 0. The van der Waals surface area contributed by atoms with Crippen molar-refractivity contribution in [3.63, 3.8) is 0 Å². The lowest BCUT2D eigenvalue weighted by Crippen LogP contribution is -2.36. The molecule has 0 atom stereocenters. The molecule has 0 aliphatic rings.